The van der Waals surface area contributed by atoms with Gasteiger partial charge in [-0.3, -0.25) is 19.6 Å². The lowest BCUT2D eigenvalue weighted by molar-refractivity contribution is -0.135. The second kappa shape index (κ2) is 10.5. The van der Waals surface area contributed by atoms with Gasteiger partial charge >= 0.3 is 6.03 Å². The molecule has 0 radical (unpaired) electrons. The number of nitrogens with zero attached hydrogens (tertiary/aromatic N) is 4. The van der Waals surface area contributed by atoms with Gasteiger partial charge in [-0.1, -0.05) is 44.2 Å². The van der Waals surface area contributed by atoms with Crippen molar-refractivity contribution >= 4 is 11.9 Å². The van der Waals surface area contributed by atoms with Gasteiger partial charge in [-0.15, -0.1) is 0 Å². The molecule has 3 amide bonds. The van der Waals surface area contributed by atoms with Crippen LogP contribution < -0.4 is 0 Å². The number of rotatable bonds is 9. The van der Waals surface area contributed by atoms with E-state index in [1.165, 1.54) is 16.0 Å². The largest absolute Gasteiger partial charge is 0.327 e. The Kier molecular flexibility index (Phi) is 7.43. The van der Waals surface area contributed by atoms with Crippen molar-refractivity contribution in [2.75, 3.05) is 26.2 Å². The number of piperidine rings is 1. The molecule has 176 valence electrons. The van der Waals surface area contributed by atoms with Crippen LogP contribution >= 0.6 is 0 Å². The van der Waals surface area contributed by atoms with Crippen LogP contribution in [0.15, 0.2) is 54.9 Å². The number of pyridine rings is 1. The van der Waals surface area contributed by atoms with E-state index in [-0.39, 0.29) is 11.9 Å². The molecule has 6 heteroatoms. The third-order valence-corrected chi connectivity index (χ3v) is 7.08. The summed E-state index contributed by atoms with van der Waals surface area (Å²) >= 11 is 0. The highest BCUT2D eigenvalue weighted by atomic mass is 16.2. The van der Waals surface area contributed by atoms with E-state index in [1.54, 1.807) is 12.4 Å². The Hall–Kier alpha value is -2.73. The lowest BCUT2D eigenvalue weighted by Crippen LogP contribution is -2.56. The van der Waals surface area contributed by atoms with Crippen LogP contribution in [0.4, 0.5) is 4.79 Å². The number of hydrogen-bond donors (Lipinski definition) is 0. The predicted octanol–water partition coefficient (Wildman–Crippen LogP) is 4.36. The Bertz CT molecular complexity index is 924. The normalized spacial score (nSPS) is 18.6. The van der Waals surface area contributed by atoms with E-state index in [1.807, 2.05) is 23.1 Å². The van der Waals surface area contributed by atoms with E-state index in [4.69, 9.17) is 0 Å². The molecule has 6 nitrogen and oxygen atoms in total. The van der Waals surface area contributed by atoms with Crippen LogP contribution in [0.2, 0.25) is 0 Å². The van der Waals surface area contributed by atoms with E-state index in [0.29, 0.717) is 31.8 Å². The van der Waals surface area contributed by atoms with Crippen molar-refractivity contribution in [3.05, 3.63) is 66.0 Å². The number of carbonyl (C=O) groups excluding carboxylic acids is 2. The number of urea groups is 1. The van der Waals surface area contributed by atoms with Gasteiger partial charge in [0, 0.05) is 45.1 Å². The summed E-state index contributed by atoms with van der Waals surface area (Å²) in [6.07, 6.45) is 7.52. The summed E-state index contributed by atoms with van der Waals surface area (Å²) in [4.78, 5) is 37.0. The topological polar surface area (TPSA) is 56.8 Å². The minimum absolute atomic E-state index is 0.0188. The van der Waals surface area contributed by atoms with Gasteiger partial charge in [0.25, 0.3) is 5.91 Å². The Labute approximate surface area is 197 Å². The lowest BCUT2D eigenvalue weighted by Gasteiger charge is -2.42. The first-order valence-electron chi connectivity index (χ1n) is 12.3. The molecular formula is C27H36N4O2. The molecule has 0 aliphatic carbocycles. The van der Waals surface area contributed by atoms with Crippen LogP contribution in [0.3, 0.4) is 0 Å². The molecule has 2 saturated heterocycles. The van der Waals surface area contributed by atoms with Gasteiger partial charge < -0.3 is 4.90 Å². The zero-order valence-electron chi connectivity index (χ0n) is 19.9. The minimum atomic E-state index is -0.671. The zero-order valence-corrected chi connectivity index (χ0v) is 19.9. The molecular weight excluding hydrogens is 412 g/mol. The maximum atomic E-state index is 13.7. The molecule has 0 atom stereocenters. The molecule has 1 aromatic carbocycles. The van der Waals surface area contributed by atoms with Crippen molar-refractivity contribution in [1.82, 2.24) is 19.7 Å². The average Bonchev–Trinajstić information content (AvgIpc) is 3.01. The van der Waals surface area contributed by atoms with Gasteiger partial charge in [0.2, 0.25) is 0 Å². The van der Waals surface area contributed by atoms with Crippen molar-refractivity contribution in [2.45, 2.75) is 58.0 Å². The quantitative estimate of drug-likeness (QED) is 0.535. The summed E-state index contributed by atoms with van der Waals surface area (Å²) in [6.45, 7) is 8.03. The molecule has 2 aliphatic heterocycles. The number of benzene rings is 1. The number of amides is 3. The molecule has 0 unspecified atom stereocenters. The molecule has 4 rings (SSSR count). The Balaban J connectivity index is 1.43. The molecule has 2 aliphatic rings. The fourth-order valence-electron chi connectivity index (χ4n) is 5.07. The van der Waals surface area contributed by atoms with Crippen molar-refractivity contribution in [3.63, 3.8) is 0 Å². The number of carbonyl (C=O) groups is 2. The summed E-state index contributed by atoms with van der Waals surface area (Å²) < 4.78 is 0. The first-order valence-corrected chi connectivity index (χ1v) is 12.3. The molecule has 3 heterocycles. The molecule has 2 fully saturated rings. The van der Waals surface area contributed by atoms with Crippen LogP contribution in [0.25, 0.3) is 0 Å². The molecule has 1 spiro atoms. The predicted molar refractivity (Wildman–Crippen MR) is 130 cm³/mol. The summed E-state index contributed by atoms with van der Waals surface area (Å²) in [6, 6.07) is 14.4. The van der Waals surface area contributed by atoms with Crippen LogP contribution in [0, 0.1) is 5.92 Å². The summed E-state index contributed by atoms with van der Waals surface area (Å²) in [5.41, 5.74) is 1.80. The maximum Gasteiger partial charge on any atom is 0.327 e. The van der Waals surface area contributed by atoms with E-state index >= 15 is 0 Å². The van der Waals surface area contributed by atoms with E-state index in [0.717, 1.165) is 38.9 Å². The third-order valence-electron chi connectivity index (χ3n) is 7.08. The number of imide groups is 1. The second-order valence-corrected chi connectivity index (χ2v) is 9.83. The van der Waals surface area contributed by atoms with Crippen molar-refractivity contribution in [3.8, 4) is 0 Å². The second-order valence-electron chi connectivity index (χ2n) is 9.83. The first kappa shape index (κ1) is 23.4. The van der Waals surface area contributed by atoms with Gasteiger partial charge in [-0.25, -0.2) is 4.79 Å². The van der Waals surface area contributed by atoms with Crippen molar-refractivity contribution < 1.29 is 9.59 Å². The highest BCUT2D eigenvalue weighted by Gasteiger charge is 2.57. The average molecular weight is 449 g/mol. The van der Waals surface area contributed by atoms with Gasteiger partial charge in [-0.05, 0) is 61.3 Å². The number of hydrogen-bond acceptors (Lipinski definition) is 4. The number of likely N-dealkylation sites (tertiary alicyclic amines) is 1. The maximum absolute atomic E-state index is 13.7. The Morgan fingerprint density at radius 1 is 0.939 bits per heavy atom. The van der Waals surface area contributed by atoms with Gasteiger partial charge in [-0.2, -0.15) is 0 Å². The fourth-order valence-corrected chi connectivity index (χ4v) is 5.07. The van der Waals surface area contributed by atoms with Crippen LogP contribution in [0.1, 0.15) is 50.7 Å². The highest BCUT2D eigenvalue weighted by Crippen LogP contribution is 2.38. The molecule has 0 saturated carbocycles. The first-order chi connectivity index (χ1) is 16.0. The molecule has 1 aromatic heterocycles. The number of aryl methyl sites for hydroxylation is 1. The van der Waals surface area contributed by atoms with Gasteiger partial charge in [0.1, 0.15) is 5.54 Å². The number of aromatic nitrogens is 1. The zero-order chi connectivity index (χ0) is 23.3. The van der Waals surface area contributed by atoms with Gasteiger partial charge in [0.15, 0.2) is 0 Å². The fraction of sp³-hybridized carbons (Fsp3) is 0.519. The standard InChI is InChI=1S/C27H36N4O2/c1-22(2)12-18-31-26(33)30(17-6-9-23-10-15-28-16-11-23)25(32)27(31)13-19-29(20-14-27)21-24-7-4-3-5-8-24/h3-5,7-8,10-11,15-16,22H,6,9,12-14,17-21H2,1-2H3. The van der Waals surface area contributed by atoms with E-state index < -0.39 is 5.54 Å². The third kappa shape index (κ3) is 5.27. The lowest BCUT2D eigenvalue weighted by atomic mass is 9.85. The van der Waals surface area contributed by atoms with E-state index in [9.17, 15) is 9.59 Å². The van der Waals surface area contributed by atoms with E-state index in [2.05, 4.69) is 48.0 Å². The minimum Gasteiger partial charge on any atom is -0.309 e. The van der Waals surface area contributed by atoms with Gasteiger partial charge in [0.05, 0.1) is 0 Å². The molecule has 33 heavy (non-hydrogen) atoms. The van der Waals surface area contributed by atoms with Crippen molar-refractivity contribution in [1.29, 1.82) is 0 Å². The Morgan fingerprint density at radius 2 is 1.64 bits per heavy atom. The molecule has 0 bridgehead atoms. The van der Waals surface area contributed by atoms with Crippen LogP contribution in [0.5, 0.6) is 0 Å². The molecule has 0 N–H and O–H groups in total. The summed E-state index contributed by atoms with van der Waals surface area (Å²) in [5, 5.41) is 0. The highest BCUT2D eigenvalue weighted by molar-refractivity contribution is 6.07. The monoisotopic (exact) mass is 448 g/mol. The Morgan fingerprint density at radius 3 is 2.30 bits per heavy atom. The van der Waals surface area contributed by atoms with Crippen LogP contribution in [-0.2, 0) is 17.8 Å². The summed E-state index contributed by atoms with van der Waals surface area (Å²) in [7, 11) is 0. The van der Waals surface area contributed by atoms with Crippen molar-refractivity contribution in [2.24, 2.45) is 5.92 Å². The smallest absolute Gasteiger partial charge is 0.309 e. The molecule has 2 aromatic rings. The SMILES string of the molecule is CC(C)CCN1C(=O)N(CCCc2ccncc2)C(=O)C12CCN(Cc1ccccc1)CC2. The summed E-state index contributed by atoms with van der Waals surface area (Å²) in [5.74, 6) is 0.509. The van der Waals surface area contributed by atoms with Crippen LogP contribution in [-0.4, -0.2) is 63.3 Å².